The molecule has 1 fully saturated rings. The van der Waals surface area contributed by atoms with Crippen LogP contribution in [-0.4, -0.2) is 34.0 Å². The van der Waals surface area contributed by atoms with E-state index in [2.05, 4.69) is 16.1 Å². The molecule has 30 heavy (non-hydrogen) atoms. The number of aryl methyl sites for hydroxylation is 2. The summed E-state index contributed by atoms with van der Waals surface area (Å²) in [6.45, 7) is 7.76. The fourth-order valence-electron chi connectivity index (χ4n) is 3.77. The highest BCUT2D eigenvalue weighted by Gasteiger charge is 2.18. The molecule has 1 aliphatic heterocycles. The van der Waals surface area contributed by atoms with Gasteiger partial charge in [-0.25, -0.2) is 13.1 Å². The van der Waals surface area contributed by atoms with Gasteiger partial charge in [-0.2, -0.15) is 0 Å². The standard InChI is InChI=1S/C23H31N3O3S/c1-18-9-10-22(15-19(18)2)30(28,29)25-12-11-23(27)24-16-20-7-3-4-8-21(20)17-26-13-5-6-14-26/h3-4,7-10,15,25H,5-6,11-14,16-17H2,1-2H3,(H,24,27)/p+1. The van der Waals surface area contributed by atoms with E-state index in [0.29, 0.717) is 6.54 Å². The largest absolute Gasteiger partial charge is 0.352 e. The average molecular weight is 431 g/mol. The summed E-state index contributed by atoms with van der Waals surface area (Å²) < 4.78 is 27.4. The zero-order chi connectivity index (χ0) is 21.6. The van der Waals surface area contributed by atoms with Crippen LogP contribution in [-0.2, 0) is 27.9 Å². The molecule has 3 rings (SSSR count). The Balaban J connectivity index is 1.48. The molecule has 1 aliphatic rings. The maximum Gasteiger partial charge on any atom is 0.240 e. The summed E-state index contributed by atoms with van der Waals surface area (Å²) in [4.78, 5) is 14.1. The fraction of sp³-hybridized carbons (Fsp3) is 0.435. The van der Waals surface area contributed by atoms with Crippen molar-refractivity contribution in [3.63, 3.8) is 0 Å². The molecule has 0 saturated carbocycles. The molecule has 0 aliphatic carbocycles. The lowest BCUT2D eigenvalue weighted by atomic mass is 10.1. The molecule has 0 bridgehead atoms. The molecule has 2 aromatic rings. The second kappa shape index (κ2) is 10.2. The number of hydrogen-bond acceptors (Lipinski definition) is 3. The van der Waals surface area contributed by atoms with E-state index < -0.39 is 10.0 Å². The molecule has 0 spiro atoms. The molecular formula is C23H32N3O3S+. The summed E-state index contributed by atoms with van der Waals surface area (Å²) in [5.41, 5.74) is 4.36. The minimum Gasteiger partial charge on any atom is -0.352 e. The van der Waals surface area contributed by atoms with Crippen molar-refractivity contribution in [3.05, 3.63) is 64.7 Å². The average Bonchev–Trinajstić information content (AvgIpc) is 3.22. The number of hydrogen-bond donors (Lipinski definition) is 3. The third-order valence-electron chi connectivity index (χ3n) is 5.78. The highest BCUT2D eigenvalue weighted by molar-refractivity contribution is 7.89. The van der Waals surface area contributed by atoms with Crippen LogP contribution in [0.4, 0.5) is 0 Å². The van der Waals surface area contributed by atoms with Gasteiger partial charge in [0.25, 0.3) is 0 Å². The zero-order valence-electron chi connectivity index (χ0n) is 17.8. The molecule has 0 unspecified atom stereocenters. The van der Waals surface area contributed by atoms with Crippen LogP contribution in [0.25, 0.3) is 0 Å². The van der Waals surface area contributed by atoms with Gasteiger partial charge in [0.2, 0.25) is 15.9 Å². The Kier molecular flexibility index (Phi) is 7.64. The van der Waals surface area contributed by atoms with Gasteiger partial charge in [-0.05, 0) is 42.7 Å². The molecule has 162 valence electrons. The smallest absolute Gasteiger partial charge is 0.240 e. The number of sulfonamides is 1. The SMILES string of the molecule is Cc1ccc(S(=O)(=O)NCCC(=O)NCc2ccccc2C[NH+]2CCCC2)cc1C. The van der Waals surface area contributed by atoms with E-state index in [1.807, 2.05) is 32.0 Å². The molecule has 1 saturated heterocycles. The lowest BCUT2D eigenvalue weighted by molar-refractivity contribution is -0.901. The van der Waals surface area contributed by atoms with Crippen LogP contribution in [0.3, 0.4) is 0 Å². The van der Waals surface area contributed by atoms with Crippen molar-refractivity contribution in [2.45, 2.75) is 51.1 Å². The van der Waals surface area contributed by atoms with Crippen molar-refractivity contribution in [2.75, 3.05) is 19.6 Å². The third kappa shape index (κ3) is 6.14. The van der Waals surface area contributed by atoms with Crippen molar-refractivity contribution in [1.82, 2.24) is 10.0 Å². The normalized spacial score (nSPS) is 14.7. The zero-order valence-corrected chi connectivity index (χ0v) is 18.6. The summed E-state index contributed by atoms with van der Waals surface area (Å²) >= 11 is 0. The number of benzene rings is 2. The summed E-state index contributed by atoms with van der Waals surface area (Å²) in [6, 6.07) is 13.2. The van der Waals surface area contributed by atoms with Gasteiger partial charge in [-0.3, -0.25) is 4.79 Å². The molecular weight excluding hydrogens is 398 g/mol. The maximum atomic E-state index is 12.4. The van der Waals surface area contributed by atoms with Crippen molar-refractivity contribution in [1.29, 1.82) is 0 Å². The second-order valence-corrected chi connectivity index (χ2v) is 9.84. The van der Waals surface area contributed by atoms with Crippen LogP contribution in [0.5, 0.6) is 0 Å². The van der Waals surface area contributed by atoms with Crippen molar-refractivity contribution in [3.8, 4) is 0 Å². The van der Waals surface area contributed by atoms with E-state index in [1.165, 1.54) is 31.5 Å². The first-order chi connectivity index (χ1) is 14.3. The van der Waals surface area contributed by atoms with E-state index >= 15 is 0 Å². The topological polar surface area (TPSA) is 79.7 Å². The Labute approximate surface area is 179 Å². The molecule has 6 nitrogen and oxygen atoms in total. The van der Waals surface area contributed by atoms with E-state index in [9.17, 15) is 13.2 Å². The van der Waals surface area contributed by atoms with Crippen LogP contribution < -0.4 is 14.9 Å². The molecule has 1 heterocycles. The van der Waals surface area contributed by atoms with Gasteiger partial charge >= 0.3 is 0 Å². The van der Waals surface area contributed by atoms with Crippen LogP contribution in [0.15, 0.2) is 47.4 Å². The summed E-state index contributed by atoms with van der Waals surface area (Å²) in [6.07, 6.45) is 2.67. The van der Waals surface area contributed by atoms with E-state index in [-0.39, 0.29) is 23.8 Å². The lowest BCUT2D eigenvalue weighted by Gasteiger charge is -2.15. The van der Waals surface area contributed by atoms with E-state index in [1.54, 1.807) is 23.1 Å². The van der Waals surface area contributed by atoms with Crippen molar-refractivity contribution in [2.24, 2.45) is 0 Å². The van der Waals surface area contributed by atoms with Gasteiger partial charge in [-0.15, -0.1) is 0 Å². The highest BCUT2D eigenvalue weighted by Crippen LogP contribution is 2.14. The van der Waals surface area contributed by atoms with Crippen LogP contribution in [0, 0.1) is 13.8 Å². The van der Waals surface area contributed by atoms with E-state index in [0.717, 1.165) is 23.2 Å². The predicted octanol–water partition coefficient (Wildman–Crippen LogP) is 1.47. The van der Waals surface area contributed by atoms with Gasteiger partial charge < -0.3 is 10.2 Å². The molecule has 0 radical (unpaired) electrons. The van der Waals surface area contributed by atoms with Crippen LogP contribution in [0.1, 0.15) is 41.5 Å². The van der Waals surface area contributed by atoms with Crippen molar-refractivity contribution >= 4 is 15.9 Å². The molecule has 1 amide bonds. The Bertz CT molecular complexity index is 983. The highest BCUT2D eigenvalue weighted by atomic mass is 32.2. The molecule has 2 aromatic carbocycles. The summed E-state index contributed by atoms with van der Waals surface area (Å²) in [5, 5.41) is 2.92. The van der Waals surface area contributed by atoms with Gasteiger partial charge in [0.05, 0.1) is 18.0 Å². The number of quaternary nitrogens is 1. The fourth-order valence-corrected chi connectivity index (χ4v) is 4.89. The Morgan fingerprint density at radius 2 is 1.70 bits per heavy atom. The Morgan fingerprint density at radius 1 is 1.00 bits per heavy atom. The van der Waals surface area contributed by atoms with E-state index in [4.69, 9.17) is 0 Å². The second-order valence-electron chi connectivity index (χ2n) is 8.07. The number of carbonyl (C=O) groups is 1. The first-order valence-electron chi connectivity index (χ1n) is 10.6. The third-order valence-corrected chi connectivity index (χ3v) is 7.24. The Hall–Kier alpha value is -2.22. The lowest BCUT2D eigenvalue weighted by Crippen LogP contribution is -3.08. The quantitative estimate of drug-likeness (QED) is 0.564. The maximum absolute atomic E-state index is 12.4. The molecule has 3 N–H and O–H groups in total. The molecule has 7 heteroatoms. The molecule has 0 aromatic heterocycles. The molecule has 0 atom stereocenters. The monoisotopic (exact) mass is 430 g/mol. The predicted molar refractivity (Wildman–Crippen MR) is 118 cm³/mol. The number of rotatable bonds is 9. The Morgan fingerprint density at radius 3 is 2.40 bits per heavy atom. The number of amides is 1. The summed E-state index contributed by atoms with van der Waals surface area (Å²) in [7, 11) is -3.62. The number of carbonyl (C=O) groups excluding carboxylic acids is 1. The van der Waals surface area contributed by atoms with Crippen LogP contribution >= 0.6 is 0 Å². The first-order valence-corrected chi connectivity index (χ1v) is 12.1. The number of nitrogens with one attached hydrogen (secondary N) is 3. The van der Waals surface area contributed by atoms with Crippen molar-refractivity contribution < 1.29 is 18.1 Å². The van der Waals surface area contributed by atoms with Crippen LogP contribution in [0.2, 0.25) is 0 Å². The van der Waals surface area contributed by atoms with Gasteiger partial charge in [0.1, 0.15) is 6.54 Å². The minimum atomic E-state index is -3.62. The summed E-state index contributed by atoms with van der Waals surface area (Å²) in [5.74, 6) is -0.166. The van der Waals surface area contributed by atoms with Gasteiger partial charge in [0.15, 0.2) is 0 Å². The van der Waals surface area contributed by atoms with Gasteiger partial charge in [-0.1, -0.05) is 30.3 Å². The number of likely N-dealkylation sites (tertiary alicyclic amines) is 1. The minimum absolute atomic E-state index is 0.0701. The van der Waals surface area contributed by atoms with Gasteiger partial charge in [0, 0.05) is 37.9 Å². The first kappa shape index (κ1) is 22.5.